The van der Waals surface area contributed by atoms with Crippen molar-refractivity contribution in [3.8, 4) is 6.07 Å². The van der Waals surface area contributed by atoms with Gasteiger partial charge < -0.3 is 0 Å². The van der Waals surface area contributed by atoms with Gasteiger partial charge in [0.2, 0.25) is 0 Å². The van der Waals surface area contributed by atoms with Crippen molar-refractivity contribution in [2.24, 2.45) is 16.1 Å². The Morgan fingerprint density at radius 3 is 1.95 bits per heavy atom. The van der Waals surface area contributed by atoms with Gasteiger partial charge in [-0.2, -0.15) is 15.5 Å². The molecule has 0 fully saturated rings. The Balaban J connectivity index is 2.02. The molecular weight excluding hydrogens is 258 g/mol. The monoisotopic (exact) mass is 277 g/mol. The molecule has 0 saturated carbocycles. The van der Waals surface area contributed by atoms with E-state index in [-0.39, 0.29) is 0 Å². The number of azo groups is 1. The molecule has 0 amide bonds. The van der Waals surface area contributed by atoms with Gasteiger partial charge in [-0.25, -0.2) is 0 Å². The fraction of sp³-hybridized carbons (Fsp3) is 0.278. The lowest BCUT2D eigenvalue weighted by Crippen LogP contribution is -1.96. The maximum Gasteiger partial charge on any atom is 0.0991 e. The Kier molecular flexibility index (Phi) is 5.22. The van der Waals surface area contributed by atoms with Gasteiger partial charge in [0.05, 0.1) is 23.0 Å². The van der Waals surface area contributed by atoms with Crippen LogP contribution in [0.5, 0.6) is 0 Å². The predicted molar refractivity (Wildman–Crippen MR) is 84.9 cm³/mol. The van der Waals surface area contributed by atoms with Crippen molar-refractivity contribution in [3.05, 3.63) is 59.7 Å². The Bertz CT molecular complexity index is 634. The van der Waals surface area contributed by atoms with E-state index in [4.69, 9.17) is 5.26 Å². The molecule has 0 aliphatic carbocycles. The van der Waals surface area contributed by atoms with Crippen LogP contribution in [0.25, 0.3) is 0 Å². The number of nitriles is 1. The fourth-order valence-electron chi connectivity index (χ4n) is 1.96. The summed E-state index contributed by atoms with van der Waals surface area (Å²) in [5, 5.41) is 17.1. The lowest BCUT2D eigenvalue weighted by molar-refractivity contribution is 0.560. The van der Waals surface area contributed by atoms with E-state index in [1.165, 1.54) is 12.0 Å². The van der Waals surface area contributed by atoms with Crippen LogP contribution in [0.15, 0.2) is 58.8 Å². The molecule has 0 heterocycles. The quantitative estimate of drug-likeness (QED) is 0.660. The van der Waals surface area contributed by atoms with Gasteiger partial charge >= 0.3 is 0 Å². The number of rotatable bonds is 5. The molecule has 3 nitrogen and oxygen atoms in total. The molecule has 21 heavy (non-hydrogen) atoms. The van der Waals surface area contributed by atoms with Crippen molar-refractivity contribution in [2.45, 2.75) is 26.7 Å². The van der Waals surface area contributed by atoms with Crippen molar-refractivity contribution >= 4 is 11.4 Å². The minimum absolute atomic E-state index is 0.628. The molecule has 0 saturated heterocycles. The number of hydrogen-bond donors (Lipinski definition) is 0. The number of hydrogen-bond acceptors (Lipinski definition) is 3. The summed E-state index contributed by atoms with van der Waals surface area (Å²) in [4.78, 5) is 0. The summed E-state index contributed by atoms with van der Waals surface area (Å²) >= 11 is 0. The van der Waals surface area contributed by atoms with Crippen molar-refractivity contribution in [1.29, 1.82) is 5.26 Å². The number of benzene rings is 2. The third-order valence-electron chi connectivity index (χ3n) is 3.49. The minimum Gasteiger partial charge on any atom is -0.192 e. The van der Waals surface area contributed by atoms with E-state index >= 15 is 0 Å². The standard InChI is InChI=1S/C18H19N3/c1-3-14(2)12-15-4-8-17(9-5-15)20-21-18-10-6-16(13-19)7-11-18/h4-11,14H,3,12H2,1-2H3. The van der Waals surface area contributed by atoms with Crippen LogP contribution in [0.2, 0.25) is 0 Å². The molecule has 0 aliphatic rings. The average Bonchev–Trinajstić information content (AvgIpc) is 2.54. The zero-order valence-corrected chi connectivity index (χ0v) is 12.5. The predicted octanol–water partition coefficient (Wildman–Crippen LogP) is 5.56. The largest absolute Gasteiger partial charge is 0.192 e. The lowest BCUT2D eigenvalue weighted by Gasteiger charge is -2.07. The molecule has 2 aromatic carbocycles. The second-order valence-corrected chi connectivity index (χ2v) is 5.24. The van der Waals surface area contributed by atoms with Gasteiger partial charge in [-0.3, -0.25) is 0 Å². The van der Waals surface area contributed by atoms with E-state index in [1.807, 2.05) is 12.1 Å². The molecule has 0 aromatic heterocycles. The van der Waals surface area contributed by atoms with Gasteiger partial charge in [0, 0.05) is 0 Å². The summed E-state index contributed by atoms with van der Waals surface area (Å²) in [6.45, 7) is 4.48. The average molecular weight is 277 g/mol. The highest BCUT2D eigenvalue weighted by Gasteiger charge is 2.01. The maximum atomic E-state index is 8.74. The highest BCUT2D eigenvalue weighted by Crippen LogP contribution is 2.20. The molecule has 0 spiro atoms. The molecule has 1 atom stereocenters. The van der Waals surface area contributed by atoms with Gasteiger partial charge in [0.1, 0.15) is 0 Å². The molecule has 0 bridgehead atoms. The van der Waals surface area contributed by atoms with Crippen LogP contribution >= 0.6 is 0 Å². The first-order valence-electron chi connectivity index (χ1n) is 7.22. The van der Waals surface area contributed by atoms with E-state index in [0.717, 1.165) is 17.8 Å². The van der Waals surface area contributed by atoms with Crippen LogP contribution in [0.3, 0.4) is 0 Å². The Hall–Kier alpha value is -2.47. The summed E-state index contributed by atoms with van der Waals surface area (Å²) in [6.07, 6.45) is 2.30. The highest BCUT2D eigenvalue weighted by atomic mass is 15.1. The molecular formula is C18H19N3. The summed E-state index contributed by atoms with van der Waals surface area (Å²) < 4.78 is 0. The van der Waals surface area contributed by atoms with E-state index in [1.54, 1.807) is 24.3 Å². The van der Waals surface area contributed by atoms with Crippen LogP contribution in [0, 0.1) is 17.2 Å². The number of nitrogens with zero attached hydrogens (tertiary/aromatic N) is 3. The zero-order valence-electron chi connectivity index (χ0n) is 12.5. The second-order valence-electron chi connectivity index (χ2n) is 5.24. The topological polar surface area (TPSA) is 48.5 Å². The van der Waals surface area contributed by atoms with Gasteiger partial charge in [-0.1, -0.05) is 32.4 Å². The minimum atomic E-state index is 0.628. The van der Waals surface area contributed by atoms with Gasteiger partial charge in [0.15, 0.2) is 0 Å². The van der Waals surface area contributed by atoms with Crippen LogP contribution in [0.1, 0.15) is 31.4 Å². The SMILES string of the molecule is CCC(C)Cc1ccc(N=Nc2ccc(C#N)cc2)cc1. The van der Waals surface area contributed by atoms with E-state index in [9.17, 15) is 0 Å². The normalized spacial score (nSPS) is 12.2. The third kappa shape index (κ3) is 4.54. The first kappa shape index (κ1) is 14.9. The molecule has 106 valence electrons. The van der Waals surface area contributed by atoms with E-state index in [2.05, 4.69) is 42.3 Å². The van der Waals surface area contributed by atoms with Crippen LogP contribution in [-0.4, -0.2) is 0 Å². The van der Waals surface area contributed by atoms with Crippen molar-refractivity contribution < 1.29 is 0 Å². The molecule has 0 N–H and O–H groups in total. The van der Waals surface area contributed by atoms with Crippen molar-refractivity contribution in [3.63, 3.8) is 0 Å². The van der Waals surface area contributed by atoms with Crippen molar-refractivity contribution in [2.75, 3.05) is 0 Å². The smallest absolute Gasteiger partial charge is 0.0991 e. The molecule has 2 aromatic rings. The van der Waals surface area contributed by atoms with Crippen LogP contribution in [0.4, 0.5) is 11.4 Å². The fourth-order valence-corrected chi connectivity index (χ4v) is 1.96. The molecule has 1 unspecified atom stereocenters. The van der Waals surface area contributed by atoms with Crippen molar-refractivity contribution in [1.82, 2.24) is 0 Å². The summed E-state index contributed by atoms with van der Waals surface area (Å²) in [6, 6.07) is 17.3. The summed E-state index contributed by atoms with van der Waals surface area (Å²) in [5.41, 5.74) is 3.55. The third-order valence-corrected chi connectivity index (χ3v) is 3.49. The molecule has 2 rings (SSSR count). The van der Waals surface area contributed by atoms with Crippen LogP contribution in [-0.2, 0) is 6.42 Å². The Labute approximate surface area is 126 Å². The second kappa shape index (κ2) is 7.35. The van der Waals surface area contributed by atoms with Gasteiger partial charge in [-0.15, -0.1) is 0 Å². The highest BCUT2D eigenvalue weighted by molar-refractivity contribution is 5.44. The lowest BCUT2D eigenvalue weighted by atomic mass is 9.99. The Morgan fingerprint density at radius 2 is 1.48 bits per heavy atom. The van der Waals surface area contributed by atoms with E-state index in [0.29, 0.717) is 11.5 Å². The van der Waals surface area contributed by atoms with Gasteiger partial charge in [0.25, 0.3) is 0 Å². The first-order valence-corrected chi connectivity index (χ1v) is 7.22. The first-order chi connectivity index (χ1) is 10.2. The maximum absolute atomic E-state index is 8.74. The van der Waals surface area contributed by atoms with Gasteiger partial charge in [-0.05, 0) is 54.3 Å². The Morgan fingerprint density at radius 1 is 0.952 bits per heavy atom. The molecule has 3 heteroatoms. The van der Waals surface area contributed by atoms with E-state index < -0.39 is 0 Å². The molecule has 0 aliphatic heterocycles. The summed E-state index contributed by atoms with van der Waals surface area (Å²) in [7, 11) is 0. The van der Waals surface area contributed by atoms with Crippen LogP contribution < -0.4 is 0 Å². The zero-order chi connectivity index (χ0) is 15.1. The molecule has 0 radical (unpaired) electrons. The summed E-state index contributed by atoms with van der Waals surface area (Å²) in [5.74, 6) is 0.705.